The zero-order chi connectivity index (χ0) is 15.6. The minimum atomic E-state index is -3.64. The van der Waals surface area contributed by atoms with Gasteiger partial charge in [0.25, 0.3) is 0 Å². The molecule has 0 aliphatic rings. The zero-order valence-electron chi connectivity index (χ0n) is 12.2. The molecule has 5 nitrogen and oxygen atoms in total. The Balaban J connectivity index is 2.95. The van der Waals surface area contributed by atoms with Gasteiger partial charge in [-0.25, -0.2) is 13.1 Å². The number of benzene rings is 1. The van der Waals surface area contributed by atoms with Gasteiger partial charge in [-0.1, -0.05) is 11.6 Å². The smallest absolute Gasteiger partial charge is 0.240 e. The summed E-state index contributed by atoms with van der Waals surface area (Å²) in [5.41, 5.74) is 5.99. The van der Waals surface area contributed by atoms with Gasteiger partial charge in [-0.2, -0.15) is 0 Å². The molecule has 0 fully saturated rings. The highest BCUT2D eigenvalue weighted by Crippen LogP contribution is 2.26. The van der Waals surface area contributed by atoms with Gasteiger partial charge in [0.05, 0.1) is 21.2 Å². The molecule has 0 radical (unpaired) electrons. The van der Waals surface area contributed by atoms with Crippen molar-refractivity contribution in [2.24, 2.45) is 0 Å². The number of hydrogen-bond acceptors (Lipinski definition) is 4. The standard InChI is InChI=1S/C13H21ClN2O3S/c1-5-19-13(3,4)8-16-20(17,18)10-6-9(2)12(14)11(15)7-10/h6-7,16H,5,8,15H2,1-4H3. The van der Waals surface area contributed by atoms with Crippen LogP contribution in [0.1, 0.15) is 26.3 Å². The molecule has 20 heavy (non-hydrogen) atoms. The summed E-state index contributed by atoms with van der Waals surface area (Å²) >= 11 is 5.93. The van der Waals surface area contributed by atoms with Crippen molar-refractivity contribution in [1.29, 1.82) is 0 Å². The summed E-state index contributed by atoms with van der Waals surface area (Å²) in [6.07, 6.45) is 0. The molecule has 0 amide bonds. The van der Waals surface area contributed by atoms with E-state index in [4.69, 9.17) is 22.1 Å². The van der Waals surface area contributed by atoms with Gasteiger partial charge in [0, 0.05) is 13.2 Å². The van der Waals surface area contributed by atoms with E-state index >= 15 is 0 Å². The second kappa shape index (κ2) is 6.30. The van der Waals surface area contributed by atoms with Gasteiger partial charge < -0.3 is 10.5 Å². The highest BCUT2D eigenvalue weighted by molar-refractivity contribution is 7.89. The van der Waals surface area contributed by atoms with E-state index in [0.29, 0.717) is 17.2 Å². The predicted octanol–water partition coefficient (Wildman–Crippen LogP) is 2.32. The third kappa shape index (κ3) is 4.34. The molecular formula is C13H21ClN2O3S. The number of aryl methyl sites for hydroxylation is 1. The molecule has 0 spiro atoms. The molecule has 0 heterocycles. The Morgan fingerprint density at radius 3 is 2.50 bits per heavy atom. The maximum absolute atomic E-state index is 12.2. The van der Waals surface area contributed by atoms with Crippen LogP contribution in [0.15, 0.2) is 17.0 Å². The molecule has 0 bridgehead atoms. The van der Waals surface area contributed by atoms with Crippen molar-refractivity contribution in [2.45, 2.75) is 38.2 Å². The van der Waals surface area contributed by atoms with Gasteiger partial charge >= 0.3 is 0 Å². The van der Waals surface area contributed by atoms with Gasteiger partial charge in [0.2, 0.25) is 10.0 Å². The number of rotatable bonds is 6. The monoisotopic (exact) mass is 320 g/mol. The fourth-order valence-corrected chi connectivity index (χ4v) is 3.14. The van der Waals surface area contributed by atoms with Crippen molar-refractivity contribution < 1.29 is 13.2 Å². The molecule has 1 rings (SSSR count). The van der Waals surface area contributed by atoms with Crippen LogP contribution in [-0.2, 0) is 14.8 Å². The van der Waals surface area contributed by atoms with Crippen LogP contribution in [0.25, 0.3) is 0 Å². The minimum absolute atomic E-state index is 0.101. The Bertz CT molecular complexity index is 562. The fraction of sp³-hybridized carbons (Fsp3) is 0.538. The molecule has 0 saturated heterocycles. The molecule has 7 heteroatoms. The maximum Gasteiger partial charge on any atom is 0.240 e. The largest absolute Gasteiger partial charge is 0.397 e. The third-order valence-electron chi connectivity index (χ3n) is 2.79. The number of nitrogens with two attached hydrogens (primary N) is 1. The average Bonchev–Trinajstić information content (AvgIpc) is 2.33. The number of hydrogen-bond donors (Lipinski definition) is 2. The molecule has 1 aromatic rings. The second-order valence-corrected chi connectivity index (χ2v) is 7.31. The lowest BCUT2D eigenvalue weighted by Crippen LogP contribution is -2.40. The third-order valence-corrected chi connectivity index (χ3v) is 4.69. The van der Waals surface area contributed by atoms with Crippen molar-refractivity contribution in [3.05, 3.63) is 22.7 Å². The minimum Gasteiger partial charge on any atom is -0.397 e. The number of nitrogens with one attached hydrogen (secondary N) is 1. The van der Waals surface area contributed by atoms with Crippen molar-refractivity contribution >= 4 is 27.3 Å². The Hall–Kier alpha value is -0.820. The SMILES string of the molecule is CCOC(C)(C)CNS(=O)(=O)c1cc(C)c(Cl)c(N)c1. The van der Waals surface area contributed by atoms with Crippen LogP contribution in [-0.4, -0.2) is 27.2 Å². The summed E-state index contributed by atoms with van der Waals surface area (Å²) in [5.74, 6) is 0. The summed E-state index contributed by atoms with van der Waals surface area (Å²) in [4.78, 5) is 0.101. The van der Waals surface area contributed by atoms with E-state index in [2.05, 4.69) is 4.72 Å². The topological polar surface area (TPSA) is 81.4 Å². The molecule has 0 aliphatic heterocycles. The molecule has 1 aromatic carbocycles. The lowest BCUT2D eigenvalue weighted by Gasteiger charge is -2.24. The summed E-state index contributed by atoms with van der Waals surface area (Å²) in [6, 6.07) is 2.85. The van der Waals surface area contributed by atoms with Crippen LogP contribution < -0.4 is 10.5 Å². The molecular weight excluding hydrogens is 300 g/mol. The molecule has 0 aliphatic carbocycles. The first-order valence-corrected chi connectivity index (χ1v) is 8.14. The van der Waals surface area contributed by atoms with Gasteiger partial charge in [-0.3, -0.25) is 0 Å². The zero-order valence-corrected chi connectivity index (χ0v) is 13.7. The van der Waals surface area contributed by atoms with Crippen LogP contribution in [0.4, 0.5) is 5.69 Å². The highest BCUT2D eigenvalue weighted by atomic mass is 35.5. The summed E-state index contributed by atoms with van der Waals surface area (Å²) in [5, 5.41) is 0.374. The lowest BCUT2D eigenvalue weighted by molar-refractivity contribution is -0.00514. The van der Waals surface area contributed by atoms with E-state index in [1.807, 2.05) is 20.8 Å². The molecule has 0 atom stereocenters. The molecule has 0 aromatic heterocycles. The highest BCUT2D eigenvalue weighted by Gasteiger charge is 2.23. The van der Waals surface area contributed by atoms with Crippen molar-refractivity contribution in [2.75, 3.05) is 18.9 Å². The van der Waals surface area contributed by atoms with Gasteiger partial charge in [-0.05, 0) is 45.4 Å². The van der Waals surface area contributed by atoms with Crippen LogP contribution >= 0.6 is 11.6 Å². The van der Waals surface area contributed by atoms with Crippen LogP contribution in [0, 0.1) is 6.92 Å². The first-order chi connectivity index (χ1) is 9.09. The van der Waals surface area contributed by atoms with E-state index in [1.165, 1.54) is 12.1 Å². The summed E-state index contributed by atoms with van der Waals surface area (Å²) in [7, 11) is -3.64. The summed E-state index contributed by atoms with van der Waals surface area (Å²) < 4.78 is 32.4. The van der Waals surface area contributed by atoms with Crippen LogP contribution in [0.2, 0.25) is 5.02 Å². The Morgan fingerprint density at radius 1 is 1.40 bits per heavy atom. The van der Waals surface area contributed by atoms with Crippen molar-refractivity contribution in [3.8, 4) is 0 Å². The number of ether oxygens (including phenoxy) is 1. The van der Waals surface area contributed by atoms with E-state index in [-0.39, 0.29) is 17.1 Å². The van der Waals surface area contributed by atoms with E-state index in [1.54, 1.807) is 6.92 Å². The van der Waals surface area contributed by atoms with Crippen LogP contribution in [0.3, 0.4) is 0 Å². The first kappa shape index (κ1) is 17.2. The molecule has 0 unspecified atom stereocenters. The molecule has 0 saturated carbocycles. The van der Waals surface area contributed by atoms with Gasteiger partial charge in [0.15, 0.2) is 0 Å². The predicted molar refractivity (Wildman–Crippen MR) is 81.5 cm³/mol. The molecule has 3 N–H and O–H groups in total. The maximum atomic E-state index is 12.2. The average molecular weight is 321 g/mol. The number of nitrogen functional groups attached to an aromatic ring is 1. The fourth-order valence-electron chi connectivity index (χ4n) is 1.71. The Morgan fingerprint density at radius 2 is 2.00 bits per heavy atom. The number of halogens is 1. The first-order valence-electron chi connectivity index (χ1n) is 6.28. The Kier molecular flexibility index (Phi) is 5.43. The molecule has 114 valence electrons. The van der Waals surface area contributed by atoms with E-state index in [0.717, 1.165) is 0 Å². The quantitative estimate of drug-likeness (QED) is 0.788. The second-order valence-electron chi connectivity index (χ2n) is 5.16. The lowest BCUT2D eigenvalue weighted by atomic mass is 10.1. The van der Waals surface area contributed by atoms with E-state index < -0.39 is 15.6 Å². The van der Waals surface area contributed by atoms with Gasteiger partial charge in [0.1, 0.15) is 0 Å². The van der Waals surface area contributed by atoms with E-state index in [9.17, 15) is 8.42 Å². The summed E-state index contributed by atoms with van der Waals surface area (Å²) in [6.45, 7) is 7.90. The van der Waals surface area contributed by atoms with Crippen LogP contribution in [0.5, 0.6) is 0 Å². The van der Waals surface area contributed by atoms with Gasteiger partial charge in [-0.15, -0.1) is 0 Å². The number of sulfonamides is 1. The Labute approximate surface area is 125 Å². The normalized spacial score (nSPS) is 12.7. The number of anilines is 1. The van der Waals surface area contributed by atoms with Crippen molar-refractivity contribution in [1.82, 2.24) is 4.72 Å². The van der Waals surface area contributed by atoms with Crippen molar-refractivity contribution in [3.63, 3.8) is 0 Å².